The second kappa shape index (κ2) is 27.5. The maximum absolute atomic E-state index is 14.0. The van der Waals surface area contributed by atoms with E-state index in [1.807, 2.05) is 0 Å². The molecule has 0 aromatic heterocycles. The Morgan fingerprint density at radius 1 is 0.657 bits per heavy atom. The molecular weight excluding hydrogens is 917 g/mol. The van der Waals surface area contributed by atoms with E-state index in [0.717, 1.165) is 0 Å². The number of carboxylic acid groups (broad SMARTS) is 2. The highest BCUT2D eigenvalue weighted by Crippen LogP contribution is 2.22. The molecule has 70 heavy (non-hydrogen) atoms. The molecular formula is C46H69N10O14-. The molecule has 24 nitrogen and oxygen atoms in total. The fourth-order valence-corrected chi connectivity index (χ4v) is 8.26. The Hall–Kier alpha value is -6.69. The number of likely N-dealkylation sites (tertiary alicyclic amines) is 2. The third-order valence-corrected chi connectivity index (χ3v) is 11.9. The van der Waals surface area contributed by atoms with E-state index in [1.165, 1.54) is 16.7 Å². The number of carbonyl (C=O) groups is 11. The van der Waals surface area contributed by atoms with Gasteiger partial charge in [0.05, 0.1) is 18.6 Å². The Balaban J connectivity index is 1.73. The van der Waals surface area contributed by atoms with Crippen molar-refractivity contribution in [2.45, 2.75) is 153 Å². The van der Waals surface area contributed by atoms with Crippen LogP contribution < -0.4 is 53.6 Å². The number of aliphatic hydroxyl groups excluding tert-OH is 1. The highest BCUT2D eigenvalue weighted by atomic mass is 16.4. The quantitative estimate of drug-likeness (QED) is 0.0397. The lowest BCUT2D eigenvalue weighted by atomic mass is 10.0. The summed E-state index contributed by atoms with van der Waals surface area (Å²) in [6.45, 7) is 7.69. The van der Waals surface area contributed by atoms with Gasteiger partial charge in [0, 0.05) is 44.7 Å². The zero-order valence-corrected chi connectivity index (χ0v) is 40.4. The van der Waals surface area contributed by atoms with Crippen LogP contribution in [0.2, 0.25) is 0 Å². The SMILES string of the molecule is CC(C)C[C@H](NC(=O)[C@H](CC(=O)[O-])NC(=O)[C@H](Cc1ccccc1)NC(=O)[C@@H]1CCCN1C(=O)[C@H](C)NC(=O)[C@@H]1CCCN1C(=O)[C@H](CO)NC(=O)[C@H](CC(C)C)NC(=O)[C@@H]([NH3+])CCC(N)=O)C(=O)[O-]. The number of hydrogen-bond donors (Lipinski definition) is 9. The van der Waals surface area contributed by atoms with Gasteiger partial charge in [-0.05, 0) is 62.8 Å². The fourth-order valence-electron chi connectivity index (χ4n) is 8.26. The lowest BCUT2D eigenvalue weighted by Crippen LogP contribution is -2.69. The molecule has 2 fully saturated rings. The fraction of sp³-hybridized carbons (Fsp3) is 0.630. The minimum absolute atomic E-state index is 0.0426. The van der Waals surface area contributed by atoms with Crippen molar-refractivity contribution >= 4 is 65.1 Å². The van der Waals surface area contributed by atoms with Crippen molar-refractivity contribution in [3.8, 4) is 0 Å². The molecule has 24 heteroatoms. The molecule has 0 spiro atoms. The summed E-state index contributed by atoms with van der Waals surface area (Å²) in [7, 11) is 0. The molecule has 0 bridgehead atoms. The Labute approximate surface area is 406 Å². The number of amides is 9. The van der Waals surface area contributed by atoms with E-state index in [2.05, 4.69) is 37.6 Å². The van der Waals surface area contributed by atoms with Gasteiger partial charge >= 0.3 is 0 Å². The molecule has 1 aromatic carbocycles. The van der Waals surface area contributed by atoms with Crippen molar-refractivity contribution in [2.24, 2.45) is 17.6 Å². The Morgan fingerprint density at radius 2 is 1.14 bits per heavy atom. The Kier molecular flexibility index (Phi) is 22.6. The molecule has 1 aromatic rings. The summed E-state index contributed by atoms with van der Waals surface area (Å²) in [5.74, 6) is -10.8. The molecule has 0 saturated carbocycles. The number of benzene rings is 1. The second-order valence-electron chi connectivity index (χ2n) is 18.6. The minimum Gasteiger partial charge on any atom is -0.550 e. The second-order valence-corrected chi connectivity index (χ2v) is 18.6. The maximum atomic E-state index is 14.0. The number of nitrogens with one attached hydrogen (secondary N) is 6. The molecule has 9 atom stereocenters. The first-order valence-electron chi connectivity index (χ1n) is 23.5. The van der Waals surface area contributed by atoms with Gasteiger partial charge in [0.1, 0.15) is 42.3 Å². The van der Waals surface area contributed by atoms with Crippen LogP contribution >= 0.6 is 0 Å². The number of hydrogen-bond acceptors (Lipinski definition) is 14. The van der Waals surface area contributed by atoms with E-state index in [9.17, 15) is 68.1 Å². The van der Waals surface area contributed by atoms with Crippen LogP contribution in [0.3, 0.4) is 0 Å². The van der Waals surface area contributed by atoms with Gasteiger partial charge in [0.25, 0.3) is 5.91 Å². The van der Waals surface area contributed by atoms with E-state index < -0.39 is 133 Å². The standard InChI is InChI=1S/C46H70N10O14/c1-24(2)19-29(50-38(61)28(47)15-16-36(48)58)39(62)54-33(23-57)45(68)56-18-10-13-34(56)42(65)49-26(5)44(67)55-17-9-14-35(55)43(66)52-30(21-27-11-7-6-8-12-27)40(63)51-31(22-37(59)60)41(64)53-32(46(69)70)20-25(3)4/h6-8,11-12,24-26,28-35,57H,9-10,13-23,47H2,1-5H3,(H2,48,58)(H,49,65)(H,50,61)(H,51,63)(H,52,66)(H,53,64)(H,54,62)(H,59,60)(H,69,70)/p-1/t26-,28-,29-,30-,31-,32-,33-,34-,35-/m0/s1. The van der Waals surface area contributed by atoms with Gasteiger partial charge in [-0.1, -0.05) is 58.0 Å². The molecule has 2 heterocycles. The first kappa shape index (κ1) is 57.6. The van der Waals surface area contributed by atoms with Gasteiger partial charge in [0.2, 0.25) is 47.3 Å². The maximum Gasteiger partial charge on any atom is 0.278 e. The van der Waals surface area contributed by atoms with Crippen LogP contribution in [-0.4, -0.2) is 154 Å². The van der Waals surface area contributed by atoms with Crippen LogP contribution in [0.5, 0.6) is 0 Å². The molecule has 2 saturated heterocycles. The molecule has 0 radical (unpaired) electrons. The molecule has 3 rings (SSSR count). The average Bonchev–Trinajstić information content (AvgIpc) is 4.00. The monoisotopic (exact) mass is 986 g/mol. The first-order chi connectivity index (χ1) is 32.9. The number of nitrogens with two attached hydrogens (primary N) is 1. The summed E-state index contributed by atoms with van der Waals surface area (Å²) in [6, 6.07) is -3.42. The lowest BCUT2D eigenvalue weighted by Gasteiger charge is -2.31. The number of aliphatic hydroxyl groups is 1. The van der Waals surface area contributed by atoms with Gasteiger partial charge in [-0.2, -0.15) is 0 Å². The molecule has 2 aliphatic rings. The highest BCUT2D eigenvalue weighted by molar-refractivity contribution is 5.99. The molecule has 388 valence electrons. The number of rotatable bonds is 27. The number of quaternary nitrogens is 1. The molecule has 12 N–H and O–H groups in total. The van der Waals surface area contributed by atoms with Crippen LogP contribution in [0, 0.1) is 11.8 Å². The average molecular weight is 986 g/mol. The summed E-state index contributed by atoms with van der Waals surface area (Å²) < 4.78 is 0. The highest BCUT2D eigenvalue weighted by Gasteiger charge is 2.42. The van der Waals surface area contributed by atoms with E-state index in [-0.39, 0.29) is 69.9 Å². The van der Waals surface area contributed by atoms with Crippen molar-refractivity contribution in [3.05, 3.63) is 35.9 Å². The van der Waals surface area contributed by atoms with E-state index in [1.54, 1.807) is 58.0 Å². The number of nitrogens with zero attached hydrogens (tertiary/aromatic N) is 2. The predicted molar refractivity (Wildman–Crippen MR) is 243 cm³/mol. The van der Waals surface area contributed by atoms with Gasteiger partial charge in [-0.25, -0.2) is 0 Å². The van der Waals surface area contributed by atoms with Gasteiger partial charge in [-0.15, -0.1) is 0 Å². The lowest BCUT2D eigenvalue weighted by molar-refractivity contribution is -0.405. The van der Waals surface area contributed by atoms with E-state index in [4.69, 9.17) is 5.73 Å². The van der Waals surface area contributed by atoms with Crippen LogP contribution in [-0.2, 0) is 59.2 Å². The summed E-state index contributed by atoms with van der Waals surface area (Å²) in [5.41, 5.74) is 9.46. The van der Waals surface area contributed by atoms with Gasteiger partial charge in [-0.3, -0.25) is 43.2 Å². The summed E-state index contributed by atoms with van der Waals surface area (Å²) in [4.78, 5) is 146. The van der Waals surface area contributed by atoms with Crippen LogP contribution in [0.1, 0.15) is 98.0 Å². The van der Waals surface area contributed by atoms with Crippen LogP contribution in [0.4, 0.5) is 0 Å². The number of carboxylic acids is 2. The first-order valence-corrected chi connectivity index (χ1v) is 23.5. The van der Waals surface area contributed by atoms with Crippen molar-refractivity contribution in [1.29, 1.82) is 0 Å². The van der Waals surface area contributed by atoms with Crippen molar-refractivity contribution in [1.82, 2.24) is 41.7 Å². The summed E-state index contributed by atoms with van der Waals surface area (Å²) in [6.07, 6.45) is -0.0970. The third kappa shape index (κ3) is 17.7. The number of aliphatic carboxylic acids is 2. The largest absolute Gasteiger partial charge is 0.550 e. The van der Waals surface area contributed by atoms with Gasteiger partial charge in [0.15, 0.2) is 6.04 Å². The molecule has 0 unspecified atom stereocenters. The summed E-state index contributed by atoms with van der Waals surface area (Å²) >= 11 is 0. The summed E-state index contributed by atoms with van der Waals surface area (Å²) in [5, 5.41) is 48.5. The third-order valence-electron chi connectivity index (χ3n) is 11.9. The Bertz CT molecular complexity index is 2060. The van der Waals surface area contributed by atoms with Gasteiger partial charge < -0.3 is 78.1 Å². The number of primary amides is 1. The van der Waals surface area contributed by atoms with Crippen LogP contribution in [0.25, 0.3) is 0 Å². The van der Waals surface area contributed by atoms with Crippen molar-refractivity contribution in [2.75, 3.05) is 19.7 Å². The zero-order chi connectivity index (χ0) is 52.4. The molecule has 2 aliphatic heterocycles. The van der Waals surface area contributed by atoms with E-state index in [0.29, 0.717) is 18.4 Å². The van der Waals surface area contributed by atoms with Crippen molar-refractivity contribution < 1.29 is 73.8 Å². The smallest absolute Gasteiger partial charge is 0.278 e. The van der Waals surface area contributed by atoms with E-state index >= 15 is 0 Å². The predicted octanol–water partition coefficient (Wildman–Crippen LogP) is -6.01. The normalized spacial score (nSPS) is 18.6. The molecule has 9 amide bonds. The topological polar surface area (TPSA) is 386 Å². The van der Waals surface area contributed by atoms with Crippen molar-refractivity contribution in [3.63, 3.8) is 0 Å². The zero-order valence-electron chi connectivity index (χ0n) is 40.4. The van der Waals surface area contributed by atoms with Crippen LogP contribution in [0.15, 0.2) is 30.3 Å². The Morgan fingerprint density at radius 3 is 1.67 bits per heavy atom. The molecule has 0 aliphatic carbocycles. The number of carbonyl (C=O) groups excluding carboxylic acids is 11. The minimum atomic E-state index is -1.81.